The van der Waals surface area contributed by atoms with Crippen molar-refractivity contribution >= 4 is 22.6 Å². The zero-order valence-corrected chi connectivity index (χ0v) is 14.9. The number of anilines is 1. The zero-order valence-electron chi connectivity index (χ0n) is 14.9. The SMILES string of the molecule is Cc1ccc(-n2c(NN=C3CCCCC3)nc3ccccc3c2=O)cc1. The first-order valence-corrected chi connectivity index (χ1v) is 9.13. The van der Waals surface area contributed by atoms with Crippen LogP contribution in [0.5, 0.6) is 0 Å². The molecule has 1 heterocycles. The van der Waals surface area contributed by atoms with Gasteiger partial charge < -0.3 is 0 Å². The van der Waals surface area contributed by atoms with Crippen LogP contribution in [0.3, 0.4) is 0 Å². The number of nitrogens with zero attached hydrogens (tertiary/aromatic N) is 3. The van der Waals surface area contributed by atoms with E-state index in [0.717, 1.165) is 29.8 Å². The van der Waals surface area contributed by atoms with Gasteiger partial charge in [0.25, 0.3) is 5.56 Å². The summed E-state index contributed by atoms with van der Waals surface area (Å²) in [6.45, 7) is 2.03. The second-order valence-electron chi connectivity index (χ2n) is 6.78. The van der Waals surface area contributed by atoms with E-state index in [-0.39, 0.29) is 5.56 Å². The molecule has 26 heavy (non-hydrogen) atoms. The highest BCUT2D eigenvalue weighted by molar-refractivity contribution is 5.85. The molecule has 0 bridgehead atoms. The highest BCUT2D eigenvalue weighted by atomic mass is 16.1. The van der Waals surface area contributed by atoms with Gasteiger partial charge in [-0.3, -0.25) is 4.79 Å². The van der Waals surface area contributed by atoms with Gasteiger partial charge >= 0.3 is 0 Å². The average molecular weight is 346 g/mol. The summed E-state index contributed by atoms with van der Waals surface area (Å²) >= 11 is 0. The maximum absolute atomic E-state index is 13.1. The lowest BCUT2D eigenvalue weighted by Crippen LogP contribution is -2.23. The Kier molecular flexibility index (Phi) is 4.52. The second kappa shape index (κ2) is 7.12. The van der Waals surface area contributed by atoms with E-state index < -0.39 is 0 Å². The predicted molar refractivity (Wildman–Crippen MR) is 106 cm³/mol. The highest BCUT2D eigenvalue weighted by Gasteiger charge is 2.13. The average Bonchev–Trinajstić information content (AvgIpc) is 2.68. The quantitative estimate of drug-likeness (QED) is 0.714. The Morgan fingerprint density at radius 1 is 1.00 bits per heavy atom. The summed E-state index contributed by atoms with van der Waals surface area (Å²) in [5.74, 6) is 0.454. The van der Waals surface area contributed by atoms with Gasteiger partial charge in [0.05, 0.1) is 16.6 Å². The summed E-state index contributed by atoms with van der Waals surface area (Å²) < 4.78 is 1.61. The molecule has 1 fully saturated rings. The number of aromatic nitrogens is 2. The lowest BCUT2D eigenvalue weighted by Gasteiger charge is -2.15. The van der Waals surface area contributed by atoms with E-state index in [1.54, 1.807) is 4.57 Å². The van der Waals surface area contributed by atoms with Crippen molar-refractivity contribution in [3.63, 3.8) is 0 Å². The van der Waals surface area contributed by atoms with E-state index in [9.17, 15) is 4.79 Å². The summed E-state index contributed by atoms with van der Waals surface area (Å²) in [5, 5.41) is 5.15. The fourth-order valence-corrected chi connectivity index (χ4v) is 3.34. The Labute approximate surface area is 152 Å². The second-order valence-corrected chi connectivity index (χ2v) is 6.78. The van der Waals surface area contributed by atoms with Crippen LogP contribution < -0.4 is 11.0 Å². The third-order valence-electron chi connectivity index (χ3n) is 4.81. The lowest BCUT2D eigenvalue weighted by atomic mass is 9.99. The van der Waals surface area contributed by atoms with Crippen molar-refractivity contribution in [1.29, 1.82) is 0 Å². The number of hydrogen-bond acceptors (Lipinski definition) is 4. The van der Waals surface area contributed by atoms with Crippen molar-refractivity contribution in [1.82, 2.24) is 9.55 Å². The summed E-state index contributed by atoms with van der Waals surface area (Å²) in [5.41, 5.74) is 6.73. The largest absolute Gasteiger partial charge is 0.268 e. The van der Waals surface area contributed by atoms with E-state index in [2.05, 4.69) is 15.5 Å². The molecule has 2 aromatic carbocycles. The first-order valence-electron chi connectivity index (χ1n) is 9.13. The Morgan fingerprint density at radius 3 is 2.50 bits per heavy atom. The number of para-hydroxylation sites is 1. The standard InChI is InChI=1S/C21H22N4O/c1-15-11-13-17(14-12-15)25-20(26)18-9-5-6-10-19(18)22-21(25)24-23-16-7-3-2-4-8-16/h5-6,9-14H,2-4,7-8H2,1H3,(H,22,24). The molecular weight excluding hydrogens is 324 g/mol. The van der Waals surface area contributed by atoms with Crippen LogP contribution in [-0.4, -0.2) is 15.3 Å². The molecule has 0 saturated heterocycles. The molecule has 5 heteroatoms. The fraction of sp³-hybridized carbons (Fsp3) is 0.286. The number of hydrazone groups is 1. The van der Waals surface area contributed by atoms with Gasteiger partial charge in [0.1, 0.15) is 0 Å². The fourth-order valence-electron chi connectivity index (χ4n) is 3.34. The molecule has 0 unspecified atom stereocenters. The molecule has 1 aliphatic rings. The van der Waals surface area contributed by atoms with Crippen LogP contribution in [0.4, 0.5) is 5.95 Å². The maximum atomic E-state index is 13.1. The molecule has 4 rings (SSSR count). The van der Waals surface area contributed by atoms with E-state index in [1.807, 2.05) is 55.5 Å². The van der Waals surface area contributed by atoms with Gasteiger partial charge in [-0.15, -0.1) is 0 Å². The van der Waals surface area contributed by atoms with E-state index in [0.29, 0.717) is 16.9 Å². The van der Waals surface area contributed by atoms with Gasteiger partial charge in [-0.05, 0) is 56.9 Å². The molecule has 1 N–H and O–H groups in total. The topological polar surface area (TPSA) is 59.3 Å². The molecular formula is C21H22N4O. The molecule has 1 aliphatic carbocycles. The summed E-state index contributed by atoms with van der Waals surface area (Å²) in [7, 11) is 0. The smallest absolute Gasteiger partial charge is 0.267 e. The van der Waals surface area contributed by atoms with Crippen LogP contribution in [0.1, 0.15) is 37.7 Å². The molecule has 0 amide bonds. The van der Waals surface area contributed by atoms with Crippen LogP contribution >= 0.6 is 0 Å². The van der Waals surface area contributed by atoms with Gasteiger partial charge in [0.15, 0.2) is 0 Å². The Balaban J connectivity index is 1.85. The van der Waals surface area contributed by atoms with E-state index >= 15 is 0 Å². The minimum Gasteiger partial charge on any atom is -0.268 e. The van der Waals surface area contributed by atoms with Crippen LogP contribution in [-0.2, 0) is 0 Å². The predicted octanol–water partition coefficient (Wildman–Crippen LogP) is 4.43. The molecule has 1 aromatic heterocycles. The number of nitrogens with one attached hydrogen (secondary N) is 1. The molecule has 3 aromatic rings. The number of rotatable bonds is 3. The summed E-state index contributed by atoms with van der Waals surface area (Å²) in [4.78, 5) is 17.8. The molecule has 0 atom stereocenters. The van der Waals surface area contributed by atoms with E-state index in [1.165, 1.54) is 19.3 Å². The van der Waals surface area contributed by atoms with Crippen molar-refractivity contribution in [2.75, 3.05) is 5.43 Å². The van der Waals surface area contributed by atoms with Crippen LogP contribution in [0.15, 0.2) is 58.4 Å². The van der Waals surface area contributed by atoms with Crippen molar-refractivity contribution in [2.45, 2.75) is 39.0 Å². The van der Waals surface area contributed by atoms with Crippen molar-refractivity contribution in [3.05, 3.63) is 64.4 Å². The molecule has 1 saturated carbocycles. The summed E-state index contributed by atoms with van der Waals surface area (Å²) in [6.07, 6.45) is 5.64. The molecule has 132 valence electrons. The highest BCUT2D eigenvalue weighted by Crippen LogP contribution is 2.18. The molecule has 5 nitrogen and oxygen atoms in total. The van der Waals surface area contributed by atoms with Crippen molar-refractivity contribution in [2.24, 2.45) is 5.10 Å². The molecule has 0 spiro atoms. The van der Waals surface area contributed by atoms with Gasteiger partial charge in [0.2, 0.25) is 5.95 Å². The maximum Gasteiger partial charge on any atom is 0.267 e. The number of fused-ring (bicyclic) bond motifs is 1. The number of aryl methyl sites for hydroxylation is 1. The lowest BCUT2D eigenvalue weighted by molar-refractivity contribution is 0.665. The third kappa shape index (κ3) is 3.25. The number of hydrogen-bond donors (Lipinski definition) is 1. The molecule has 0 radical (unpaired) electrons. The van der Waals surface area contributed by atoms with Gasteiger partial charge in [-0.1, -0.05) is 36.2 Å². The van der Waals surface area contributed by atoms with Gasteiger partial charge in [-0.2, -0.15) is 5.10 Å². The first kappa shape index (κ1) is 16.5. The summed E-state index contributed by atoms with van der Waals surface area (Å²) in [6, 6.07) is 15.3. The molecule has 0 aliphatic heterocycles. The monoisotopic (exact) mass is 346 g/mol. The van der Waals surface area contributed by atoms with Crippen LogP contribution in [0.25, 0.3) is 16.6 Å². The minimum absolute atomic E-state index is 0.0919. The van der Waals surface area contributed by atoms with Crippen molar-refractivity contribution in [3.8, 4) is 5.69 Å². The Morgan fingerprint density at radius 2 is 1.73 bits per heavy atom. The van der Waals surface area contributed by atoms with Crippen molar-refractivity contribution < 1.29 is 0 Å². The van der Waals surface area contributed by atoms with Crippen LogP contribution in [0, 0.1) is 6.92 Å². The van der Waals surface area contributed by atoms with Gasteiger partial charge in [0, 0.05) is 5.71 Å². The van der Waals surface area contributed by atoms with Crippen LogP contribution in [0.2, 0.25) is 0 Å². The first-order chi connectivity index (χ1) is 12.7. The normalized spacial score (nSPS) is 14.4. The zero-order chi connectivity index (χ0) is 17.9. The third-order valence-corrected chi connectivity index (χ3v) is 4.81. The Hall–Kier alpha value is -2.95. The van der Waals surface area contributed by atoms with Gasteiger partial charge in [-0.25, -0.2) is 15.0 Å². The Bertz CT molecular complexity index is 1010. The van der Waals surface area contributed by atoms with E-state index in [4.69, 9.17) is 0 Å². The number of benzene rings is 2. The minimum atomic E-state index is -0.0919.